The summed E-state index contributed by atoms with van der Waals surface area (Å²) >= 11 is 1.47. The molecule has 2 aromatic rings. The Morgan fingerprint density at radius 1 is 1.35 bits per heavy atom. The van der Waals surface area contributed by atoms with Crippen LogP contribution in [0.15, 0.2) is 27.9 Å². The SMILES string of the molecule is CNC(=O)c1ccc(C2CCN(CC3Cc4[nH]c(=O)c(SC)cc4CO3)CC2)c(C)n1. The molecule has 1 atom stereocenters. The Kier molecular flexibility index (Phi) is 6.79. The number of likely N-dealkylation sites (tertiary alicyclic amines) is 1. The monoisotopic (exact) mass is 442 g/mol. The molecule has 0 spiro atoms. The van der Waals surface area contributed by atoms with Crippen LogP contribution in [-0.2, 0) is 17.8 Å². The number of H-pyrrole nitrogens is 1. The Balaban J connectivity index is 1.33. The number of pyridine rings is 2. The molecule has 2 aliphatic heterocycles. The molecule has 0 aromatic carbocycles. The number of thioether (sulfide) groups is 1. The van der Waals surface area contributed by atoms with E-state index in [4.69, 9.17) is 4.74 Å². The predicted molar refractivity (Wildman–Crippen MR) is 122 cm³/mol. The Morgan fingerprint density at radius 3 is 2.81 bits per heavy atom. The van der Waals surface area contributed by atoms with Crippen LogP contribution >= 0.6 is 11.8 Å². The molecule has 0 saturated carbocycles. The molecule has 2 aliphatic rings. The van der Waals surface area contributed by atoms with Gasteiger partial charge in [0.2, 0.25) is 0 Å². The van der Waals surface area contributed by atoms with Gasteiger partial charge in [-0.15, -0.1) is 11.8 Å². The standard InChI is InChI=1S/C23H30N4O3S/c1-14-18(4-5-19(25-14)22(28)24-2)15-6-8-27(9-7-15)12-17-11-20-16(13-30-17)10-21(31-3)23(29)26-20/h4-5,10,15,17H,6-9,11-13H2,1-3H3,(H,24,28)(H,26,29). The molecule has 0 bridgehead atoms. The maximum atomic E-state index is 12.1. The lowest BCUT2D eigenvalue weighted by Crippen LogP contribution is -2.41. The molecule has 2 N–H and O–H groups in total. The van der Waals surface area contributed by atoms with Crippen LogP contribution in [0.2, 0.25) is 0 Å². The molecule has 7 nitrogen and oxygen atoms in total. The van der Waals surface area contributed by atoms with E-state index in [0.29, 0.717) is 18.2 Å². The number of fused-ring (bicyclic) bond motifs is 1. The van der Waals surface area contributed by atoms with Gasteiger partial charge in [-0.1, -0.05) is 6.07 Å². The van der Waals surface area contributed by atoms with Crippen molar-refractivity contribution >= 4 is 17.7 Å². The summed E-state index contributed by atoms with van der Waals surface area (Å²) in [7, 11) is 1.62. The van der Waals surface area contributed by atoms with Gasteiger partial charge >= 0.3 is 0 Å². The first kappa shape index (κ1) is 22.0. The maximum absolute atomic E-state index is 12.1. The summed E-state index contributed by atoms with van der Waals surface area (Å²) in [6.07, 6.45) is 4.91. The minimum atomic E-state index is -0.149. The van der Waals surface area contributed by atoms with Gasteiger partial charge in [0.25, 0.3) is 11.5 Å². The van der Waals surface area contributed by atoms with E-state index in [1.165, 1.54) is 17.3 Å². The van der Waals surface area contributed by atoms with Gasteiger partial charge in [-0.3, -0.25) is 9.59 Å². The van der Waals surface area contributed by atoms with Crippen LogP contribution in [0.3, 0.4) is 0 Å². The number of hydrogen-bond acceptors (Lipinski definition) is 6. The second-order valence-corrected chi connectivity index (χ2v) is 9.18. The van der Waals surface area contributed by atoms with Crippen molar-refractivity contribution in [2.24, 2.45) is 0 Å². The third kappa shape index (κ3) is 4.86. The van der Waals surface area contributed by atoms with Crippen molar-refractivity contribution in [1.82, 2.24) is 20.2 Å². The number of piperidine rings is 1. The topological polar surface area (TPSA) is 87.3 Å². The summed E-state index contributed by atoms with van der Waals surface area (Å²) in [6, 6.07) is 5.85. The highest BCUT2D eigenvalue weighted by molar-refractivity contribution is 7.98. The summed E-state index contributed by atoms with van der Waals surface area (Å²) in [5.74, 6) is 0.321. The van der Waals surface area contributed by atoms with Crippen LogP contribution < -0.4 is 10.9 Å². The Bertz CT molecular complexity index is 1010. The van der Waals surface area contributed by atoms with Crippen molar-refractivity contribution in [3.63, 3.8) is 0 Å². The molecule has 1 fully saturated rings. The van der Waals surface area contributed by atoms with Crippen molar-refractivity contribution in [2.45, 2.75) is 49.7 Å². The van der Waals surface area contributed by atoms with Crippen molar-refractivity contribution < 1.29 is 9.53 Å². The average molecular weight is 443 g/mol. The van der Waals surface area contributed by atoms with Gasteiger partial charge in [0.1, 0.15) is 5.69 Å². The molecule has 0 aliphatic carbocycles. The van der Waals surface area contributed by atoms with Gasteiger partial charge in [-0.05, 0) is 68.3 Å². The third-order valence-electron chi connectivity index (χ3n) is 6.38. The Labute approximate surface area is 187 Å². The second kappa shape index (κ2) is 9.54. The molecular formula is C23H30N4O3S. The fraction of sp³-hybridized carbons (Fsp3) is 0.522. The van der Waals surface area contributed by atoms with Crippen LogP contribution in [0, 0.1) is 6.92 Å². The zero-order chi connectivity index (χ0) is 22.0. The number of aromatic amines is 1. The fourth-order valence-corrected chi connectivity index (χ4v) is 5.13. The van der Waals surface area contributed by atoms with E-state index in [9.17, 15) is 9.59 Å². The number of amides is 1. The van der Waals surface area contributed by atoms with Gasteiger partial charge in [-0.25, -0.2) is 4.98 Å². The van der Waals surface area contributed by atoms with Crippen molar-refractivity contribution in [3.05, 3.63) is 56.8 Å². The van der Waals surface area contributed by atoms with E-state index in [2.05, 4.69) is 26.3 Å². The number of rotatable bonds is 5. The number of hydrogen-bond donors (Lipinski definition) is 2. The van der Waals surface area contributed by atoms with E-state index in [1.54, 1.807) is 7.05 Å². The smallest absolute Gasteiger partial charge is 0.269 e. The van der Waals surface area contributed by atoms with Gasteiger partial charge in [-0.2, -0.15) is 0 Å². The third-order valence-corrected chi connectivity index (χ3v) is 7.13. The molecule has 1 unspecified atom stereocenters. The molecule has 4 rings (SSSR count). The fourth-order valence-electron chi connectivity index (χ4n) is 4.64. The van der Waals surface area contributed by atoms with Crippen LogP contribution in [0.4, 0.5) is 0 Å². The molecule has 4 heterocycles. The zero-order valence-electron chi connectivity index (χ0n) is 18.4. The molecule has 8 heteroatoms. The molecule has 1 saturated heterocycles. The highest BCUT2D eigenvalue weighted by Crippen LogP contribution is 2.30. The number of ether oxygens (including phenoxy) is 1. The van der Waals surface area contributed by atoms with Gasteiger partial charge in [0.15, 0.2) is 0 Å². The van der Waals surface area contributed by atoms with E-state index >= 15 is 0 Å². The normalized spacial score (nSPS) is 19.8. The van der Waals surface area contributed by atoms with Crippen LogP contribution in [0.5, 0.6) is 0 Å². The molecular weight excluding hydrogens is 412 g/mol. The summed E-state index contributed by atoms with van der Waals surface area (Å²) in [5.41, 5.74) is 4.78. The van der Waals surface area contributed by atoms with Crippen LogP contribution in [-0.4, -0.2) is 59.8 Å². The molecule has 166 valence electrons. The number of aryl methyl sites for hydroxylation is 1. The first-order chi connectivity index (χ1) is 15.0. The maximum Gasteiger partial charge on any atom is 0.269 e. The largest absolute Gasteiger partial charge is 0.372 e. The predicted octanol–water partition coefficient (Wildman–Crippen LogP) is 2.48. The second-order valence-electron chi connectivity index (χ2n) is 8.33. The quantitative estimate of drug-likeness (QED) is 0.692. The average Bonchev–Trinajstić information content (AvgIpc) is 2.78. The lowest BCUT2D eigenvalue weighted by Gasteiger charge is -2.36. The lowest BCUT2D eigenvalue weighted by molar-refractivity contribution is -0.000738. The molecule has 2 aromatic heterocycles. The minimum absolute atomic E-state index is 0.000805. The lowest BCUT2D eigenvalue weighted by atomic mass is 9.88. The summed E-state index contributed by atoms with van der Waals surface area (Å²) in [4.78, 5) is 34.7. The van der Waals surface area contributed by atoms with Crippen molar-refractivity contribution in [2.75, 3.05) is 32.9 Å². The highest BCUT2D eigenvalue weighted by Gasteiger charge is 2.27. The van der Waals surface area contributed by atoms with Crippen LogP contribution in [0.25, 0.3) is 0 Å². The summed E-state index contributed by atoms with van der Waals surface area (Å²) < 4.78 is 6.10. The highest BCUT2D eigenvalue weighted by atomic mass is 32.2. The number of nitrogens with one attached hydrogen (secondary N) is 2. The zero-order valence-corrected chi connectivity index (χ0v) is 19.2. The van der Waals surface area contributed by atoms with Crippen LogP contribution in [0.1, 0.15) is 51.8 Å². The van der Waals surface area contributed by atoms with E-state index in [-0.39, 0.29) is 17.6 Å². The minimum Gasteiger partial charge on any atom is -0.372 e. The van der Waals surface area contributed by atoms with Crippen molar-refractivity contribution in [1.29, 1.82) is 0 Å². The molecule has 1 amide bonds. The number of carbonyl (C=O) groups is 1. The summed E-state index contributed by atoms with van der Waals surface area (Å²) in [5, 5.41) is 2.63. The van der Waals surface area contributed by atoms with Gasteiger partial charge < -0.3 is 19.9 Å². The number of carbonyl (C=O) groups excluding carboxylic acids is 1. The number of nitrogens with zero attached hydrogens (tertiary/aromatic N) is 2. The van der Waals surface area contributed by atoms with Crippen molar-refractivity contribution in [3.8, 4) is 0 Å². The summed E-state index contributed by atoms with van der Waals surface area (Å²) in [6.45, 7) is 5.45. The number of aromatic nitrogens is 2. The first-order valence-electron chi connectivity index (χ1n) is 10.8. The van der Waals surface area contributed by atoms with E-state index in [1.807, 2.05) is 25.3 Å². The van der Waals surface area contributed by atoms with E-state index in [0.717, 1.165) is 60.7 Å². The van der Waals surface area contributed by atoms with E-state index < -0.39 is 0 Å². The first-order valence-corrected chi connectivity index (χ1v) is 12.0. The van der Waals surface area contributed by atoms with Gasteiger partial charge in [0.05, 0.1) is 17.6 Å². The molecule has 31 heavy (non-hydrogen) atoms. The Morgan fingerprint density at radius 2 is 2.13 bits per heavy atom. The van der Waals surface area contributed by atoms with Gasteiger partial charge in [0, 0.05) is 31.4 Å². The molecule has 0 radical (unpaired) electrons. The Hall–Kier alpha value is -2.16.